The van der Waals surface area contributed by atoms with Gasteiger partial charge in [-0.05, 0) is 43.7 Å². The molecule has 0 aliphatic carbocycles. The Hall–Kier alpha value is -2.74. The Bertz CT molecular complexity index is 1020. The van der Waals surface area contributed by atoms with E-state index in [4.69, 9.17) is 0 Å². The lowest BCUT2D eigenvalue weighted by Crippen LogP contribution is -2.24. The van der Waals surface area contributed by atoms with Crippen LogP contribution in [-0.2, 0) is 14.6 Å². The van der Waals surface area contributed by atoms with Crippen molar-refractivity contribution in [2.45, 2.75) is 18.7 Å². The van der Waals surface area contributed by atoms with E-state index in [1.165, 1.54) is 19.0 Å². The Balaban J connectivity index is 2.52. The molecule has 0 saturated carbocycles. The van der Waals surface area contributed by atoms with E-state index in [9.17, 15) is 22.0 Å². The Morgan fingerprint density at radius 1 is 1.07 bits per heavy atom. The summed E-state index contributed by atoms with van der Waals surface area (Å²) in [5.41, 5.74) is 2.14. The molecule has 0 aliphatic rings. The molecule has 5 nitrogen and oxygen atoms in total. The first kappa shape index (κ1) is 20.6. The first-order valence-electron chi connectivity index (χ1n) is 7.99. The number of nitrogens with zero attached hydrogens (tertiary/aromatic N) is 1. The van der Waals surface area contributed by atoms with E-state index in [0.717, 1.165) is 23.4 Å². The third-order valence-corrected chi connectivity index (χ3v) is 5.46. The smallest absolute Gasteiger partial charge is 0.269 e. The fourth-order valence-corrected chi connectivity index (χ4v) is 3.90. The number of amides is 1. The van der Waals surface area contributed by atoms with E-state index >= 15 is 0 Å². The lowest BCUT2D eigenvalue weighted by molar-refractivity contribution is -0.112. The van der Waals surface area contributed by atoms with Gasteiger partial charge in [-0.15, -0.1) is 0 Å². The van der Waals surface area contributed by atoms with Crippen molar-refractivity contribution in [3.63, 3.8) is 0 Å². The summed E-state index contributed by atoms with van der Waals surface area (Å²) in [7, 11) is -1.57. The van der Waals surface area contributed by atoms with Crippen LogP contribution < -0.4 is 5.32 Å². The number of carbonyl (C=O) groups is 1. The highest BCUT2D eigenvalue weighted by molar-refractivity contribution is 7.96. The molecule has 0 radical (unpaired) electrons. The molecule has 27 heavy (non-hydrogen) atoms. The minimum Gasteiger partial charge on any atom is -0.382 e. The van der Waals surface area contributed by atoms with Crippen LogP contribution in [0, 0.1) is 25.5 Å². The van der Waals surface area contributed by atoms with Gasteiger partial charge in [0.15, 0.2) is 4.91 Å². The molecule has 0 unspecified atom stereocenters. The van der Waals surface area contributed by atoms with Crippen molar-refractivity contribution >= 4 is 21.4 Å². The van der Waals surface area contributed by atoms with E-state index in [-0.39, 0.29) is 0 Å². The quantitative estimate of drug-likeness (QED) is 0.790. The minimum atomic E-state index is -4.60. The maximum absolute atomic E-state index is 14.0. The van der Waals surface area contributed by atoms with Crippen LogP contribution in [0.4, 0.5) is 14.5 Å². The molecule has 144 valence electrons. The molecule has 0 heterocycles. The highest BCUT2D eigenvalue weighted by atomic mass is 32.2. The molecule has 1 N–H and O–H groups in total. The van der Waals surface area contributed by atoms with Gasteiger partial charge in [0.1, 0.15) is 16.5 Å². The Kier molecular flexibility index (Phi) is 6.00. The monoisotopic (exact) mass is 394 g/mol. The first-order chi connectivity index (χ1) is 12.5. The summed E-state index contributed by atoms with van der Waals surface area (Å²) in [6, 6.07) is 7.30. The number of hydrogen-bond donors (Lipinski definition) is 1. The molecule has 0 bridgehead atoms. The highest BCUT2D eigenvalue weighted by Crippen LogP contribution is 2.25. The van der Waals surface area contributed by atoms with Gasteiger partial charge in [-0.25, -0.2) is 17.2 Å². The summed E-state index contributed by atoms with van der Waals surface area (Å²) in [5.74, 6) is -3.01. The van der Waals surface area contributed by atoms with E-state index in [1.807, 2.05) is 13.0 Å². The van der Waals surface area contributed by atoms with Crippen LogP contribution in [0.5, 0.6) is 0 Å². The second-order valence-corrected chi connectivity index (χ2v) is 8.19. The number of sulfone groups is 1. The zero-order valence-electron chi connectivity index (χ0n) is 15.4. The number of hydrogen-bond acceptors (Lipinski definition) is 4. The number of benzene rings is 2. The van der Waals surface area contributed by atoms with Crippen molar-refractivity contribution in [3.05, 3.63) is 70.3 Å². The van der Waals surface area contributed by atoms with Gasteiger partial charge in [0, 0.05) is 26.0 Å². The Morgan fingerprint density at radius 2 is 1.74 bits per heavy atom. The topological polar surface area (TPSA) is 66.5 Å². The molecule has 2 aromatic carbocycles. The highest BCUT2D eigenvalue weighted by Gasteiger charge is 2.31. The van der Waals surface area contributed by atoms with Crippen LogP contribution in [0.2, 0.25) is 0 Å². The molecule has 2 rings (SSSR count). The number of halogens is 2. The maximum atomic E-state index is 14.0. The SMILES string of the molecule is Cc1ccc(NC(=O)/C(=C\N(C)C)S(=O)(=O)c2cc(F)ccc2F)c(C)c1. The van der Waals surface area contributed by atoms with Crippen molar-refractivity contribution < 1.29 is 22.0 Å². The molecule has 0 aromatic heterocycles. The fraction of sp³-hybridized carbons (Fsp3) is 0.211. The van der Waals surface area contributed by atoms with E-state index in [0.29, 0.717) is 17.8 Å². The standard InChI is InChI=1S/C19H20F2N2O3S/c1-12-5-8-16(13(2)9-12)22-19(24)18(11-23(3)4)27(25,26)17-10-14(20)6-7-15(17)21/h5-11H,1-4H3,(H,22,24)/b18-11+. The van der Waals surface area contributed by atoms with Gasteiger partial charge < -0.3 is 10.2 Å². The van der Waals surface area contributed by atoms with Crippen LogP contribution in [0.15, 0.2) is 52.4 Å². The maximum Gasteiger partial charge on any atom is 0.269 e. The number of nitrogens with one attached hydrogen (secondary N) is 1. The van der Waals surface area contributed by atoms with E-state index < -0.39 is 37.2 Å². The second-order valence-electron chi connectivity index (χ2n) is 6.31. The van der Waals surface area contributed by atoms with Crippen LogP contribution >= 0.6 is 0 Å². The van der Waals surface area contributed by atoms with Crippen molar-refractivity contribution in [3.8, 4) is 0 Å². The molecular weight excluding hydrogens is 374 g/mol. The minimum absolute atomic E-state index is 0.421. The Morgan fingerprint density at radius 3 is 2.33 bits per heavy atom. The van der Waals surface area contributed by atoms with Crippen molar-refractivity contribution in [2.75, 3.05) is 19.4 Å². The van der Waals surface area contributed by atoms with E-state index in [1.54, 1.807) is 19.1 Å². The summed E-state index contributed by atoms with van der Waals surface area (Å²) in [6.45, 7) is 3.64. The summed E-state index contributed by atoms with van der Waals surface area (Å²) in [6.07, 6.45) is 1.05. The third-order valence-electron chi connectivity index (χ3n) is 3.70. The lowest BCUT2D eigenvalue weighted by atomic mass is 10.1. The molecule has 1 amide bonds. The summed E-state index contributed by atoms with van der Waals surface area (Å²) in [4.78, 5) is 12.4. The average molecular weight is 394 g/mol. The molecule has 8 heteroatoms. The molecule has 0 fully saturated rings. The van der Waals surface area contributed by atoms with Gasteiger partial charge in [0.05, 0.1) is 0 Å². The predicted molar refractivity (Wildman–Crippen MR) is 99.9 cm³/mol. The molecule has 0 saturated heterocycles. The fourth-order valence-electron chi connectivity index (χ4n) is 2.42. The zero-order chi connectivity index (χ0) is 20.4. The predicted octanol–water partition coefficient (Wildman–Crippen LogP) is 3.40. The largest absolute Gasteiger partial charge is 0.382 e. The number of carbonyl (C=O) groups excluding carboxylic acids is 1. The molecule has 0 spiro atoms. The van der Waals surface area contributed by atoms with Crippen LogP contribution in [-0.4, -0.2) is 33.3 Å². The molecular formula is C19H20F2N2O3S. The summed E-state index contributed by atoms with van der Waals surface area (Å²) < 4.78 is 53.2. The van der Waals surface area contributed by atoms with Gasteiger partial charge in [0.25, 0.3) is 5.91 Å². The van der Waals surface area contributed by atoms with E-state index in [2.05, 4.69) is 5.32 Å². The molecule has 0 aliphatic heterocycles. The summed E-state index contributed by atoms with van der Waals surface area (Å²) in [5, 5.41) is 2.52. The van der Waals surface area contributed by atoms with Crippen LogP contribution in [0.1, 0.15) is 11.1 Å². The van der Waals surface area contributed by atoms with Crippen LogP contribution in [0.3, 0.4) is 0 Å². The van der Waals surface area contributed by atoms with Gasteiger partial charge in [0.2, 0.25) is 9.84 Å². The Labute approximate surface area is 157 Å². The first-order valence-corrected chi connectivity index (χ1v) is 9.47. The van der Waals surface area contributed by atoms with Gasteiger partial charge in [-0.1, -0.05) is 17.7 Å². The third kappa shape index (κ3) is 4.71. The zero-order valence-corrected chi connectivity index (χ0v) is 16.2. The normalized spacial score (nSPS) is 12.0. The second kappa shape index (κ2) is 7.87. The number of rotatable bonds is 5. The average Bonchev–Trinajstić information content (AvgIpc) is 2.57. The lowest BCUT2D eigenvalue weighted by Gasteiger charge is -2.15. The number of aryl methyl sites for hydroxylation is 2. The van der Waals surface area contributed by atoms with Gasteiger partial charge >= 0.3 is 0 Å². The number of anilines is 1. The van der Waals surface area contributed by atoms with Crippen molar-refractivity contribution in [2.24, 2.45) is 0 Å². The van der Waals surface area contributed by atoms with Crippen LogP contribution in [0.25, 0.3) is 0 Å². The summed E-state index contributed by atoms with van der Waals surface area (Å²) >= 11 is 0. The van der Waals surface area contributed by atoms with Gasteiger partial charge in [-0.3, -0.25) is 4.79 Å². The molecule has 2 aromatic rings. The van der Waals surface area contributed by atoms with Gasteiger partial charge in [-0.2, -0.15) is 0 Å². The van der Waals surface area contributed by atoms with Crippen molar-refractivity contribution in [1.29, 1.82) is 0 Å². The van der Waals surface area contributed by atoms with Crippen molar-refractivity contribution in [1.82, 2.24) is 4.90 Å². The molecule has 0 atom stereocenters.